The van der Waals surface area contributed by atoms with Gasteiger partial charge in [-0.05, 0) is 18.4 Å². The van der Waals surface area contributed by atoms with Crippen LogP contribution < -0.4 is 15.8 Å². The van der Waals surface area contributed by atoms with E-state index < -0.39 is 0 Å². The highest BCUT2D eigenvalue weighted by atomic mass is 16.7. The summed E-state index contributed by atoms with van der Waals surface area (Å²) in [6.07, 6.45) is 12.3. The standard InChI is InChI=1S/C17H19N4O2/c1-18-17-15-12(9-19-20-17)10-21(23-3)14(22-2)8-11-6-4-5-7-13(11)16(15)21/h5,7-10H,4,6H2,1-3H3,(H,18,20)/q+1. The summed E-state index contributed by atoms with van der Waals surface area (Å²) in [6.45, 7) is 0. The number of allylic oxidation sites excluding steroid dienone is 3. The second-order valence-electron chi connectivity index (χ2n) is 5.66. The highest BCUT2D eigenvalue weighted by Crippen LogP contribution is 2.43. The molecule has 0 saturated heterocycles. The lowest BCUT2D eigenvalue weighted by Gasteiger charge is -2.34. The molecule has 0 fully saturated rings. The smallest absolute Gasteiger partial charge is 0.335 e. The fourth-order valence-corrected chi connectivity index (χ4v) is 3.57. The van der Waals surface area contributed by atoms with E-state index in [1.165, 1.54) is 11.1 Å². The van der Waals surface area contributed by atoms with E-state index in [4.69, 9.17) is 9.57 Å². The van der Waals surface area contributed by atoms with Gasteiger partial charge in [0, 0.05) is 18.7 Å². The Kier molecular flexibility index (Phi) is 3.11. The Morgan fingerprint density at radius 2 is 2.17 bits per heavy atom. The van der Waals surface area contributed by atoms with Gasteiger partial charge in [0.25, 0.3) is 0 Å². The van der Waals surface area contributed by atoms with Crippen LogP contribution >= 0.6 is 0 Å². The minimum atomic E-state index is 0.0943. The van der Waals surface area contributed by atoms with Crippen molar-refractivity contribution < 1.29 is 14.2 Å². The van der Waals surface area contributed by atoms with E-state index in [1.807, 2.05) is 13.2 Å². The first kappa shape index (κ1) is 14.2. The van der Waals surface area contributed by atoms with Gasteiger partial charge < -0.3 is 10.1 Å². The molecule has 2 aliphatic heterocycles. The average molecular weight is 311 g/mol. The van der Waals surface area contributed by atoms with E-state index >= 15 is 0 Å². The number of hydroxylamine groups is 3. The summed E-state index contributed by atoms with van der Waals surface area (Å²) in [4.78, 5) is 5.94. The zero-order chi connectivity index (χ0) is 16.0. The largest absolute Gasteiger partial charge is 0.452 e. The van der Waals surface area contributed by atoms with Crippen LogP contribution in [-0.4, -0.2) is 36.1 Å². The van der Waals surface area contributed by atoms with Gasteiger partial charge in [0.2, 0.25) is 0 Å². The molecule has 3 aliphatic rings. The molecular weight excluding hydrogens is 292 g/mol. The number of nitrogens with zero attached hydrogens (tertiary/aromatic N) is 3. The number of rotatable bonds is 3. The van der Waals surface area contributed by atoms with Crippen molar-refractivity contribution in [1.82, 2.24) is 10.2 Å². The summed E-state index contributed by atoms with van der Waals surface area (Å²) in [5, 5.41) is 13.5. The number of ether oxygens (including phenoxy) is 1. The number of hydrogen-bond donors (Lipinski definition) is 1. The first-order valence-corrected chi connectivity index (χ1v) is 7.63. The van der Waals surface area contributed by atoms with Crippen molar-refractivity contribution in [1.29, 1.82) is 0 Å². The maximum atomic E-state index is 5.94. The molecule has 118 valence electrons. The Morgan fingerprint density at radius 1 is 1.30 bits per heavy atom. The van der Waals surface area contributed by atoms with Gasteiger partial charge in [0.1, 0.15) is 0 Å². The molecule has 1 unspecified atom stereocenters. The third kappa shape index (κ3) is 1.76. The third-order valence-corrected chi connectivity index (χ3v) is 4.59. The maximum absolute atomic E-state index is 5.94. The quantitative estimate of drug-likeness (QED) is 0.841. The lowest BCUT2D eigenvalue weighted by Crippen LogP contribution is -2.42. The van der Waals surface area contributed by atoms with Crippen LogP contribution in [0.1, 0.15) is 12.8 Å². The molecular formula is C17H19N4O2+. The molecule has 3 heterocycles. The number of methoxy groups -OCH3 is 1. The summed E-state index contributed by atoms with van der Waals surface area (Å²) in [5.41, 5.74) is 3.48. The Hall–Kier alpha value is -2.44. The van der Waals surface area contributed by atoms with Gasteiger partial charge in [-0.3, -0.25) is 0 Å². The Labute approximate surface area is 134 Å². The topological polar surface area (TPSA) is 56.3 Å². The van der Waals surface area contributed by atoms with Gasteiger partial charge in [-0.15, -0.1) is 5.10 Å². The highest BCUT2D eigenvalue weighted by Gasteiger charge is 2.49. The molecule has 1 aromatic rings. The molecule has 0 radical (unpaired) electrons. The number of hydrogen-bond acceptors (Lipinski definition) is 5. The fraction of sp³-hybridized carbons (Fsp3) is 0.294. The minimum absolute atomic E-state index is 0.0943. The summed E-state index contributed by atoms with van der Waals surface area (Å²) >= 11 is 0. The third-order valence-electron chi connectivity index (χ3n) is 4.59. The van der Waals surface area contributed by atoms with Crippen LogP contribution in [0.25, 0.3) is 11.9 Å². The van der Waals surface area contributed by atoms with Gasteiger partial charge in [-0.2, -0.15) is 9.94 Å². The Morgan fingerprint density at radius 3 is 2.91 bits per heavy atom. The first-order valence-electron chi connectivity index (χ1n) is 7.63. The number of anilines is 1. The van der Waals surface area contributed by atoms with E-state index in [0.29, 0.717) is 0 Å². The Bertz CT molecular complexity index is 898. The van der Waals surface area contributed by atoms with Crippen molar-refractivity contribution in [3.05, 3.63) is 51.9 Å². The van der Waals surface area contributed by atoms with E-state index in [-0.39, 0.29) is 4.65 Å². The van der Waals surface area contributed by atoms with Crippen molar-refractivity contribution in [2.75, 3.05) is 26.6 Å². The average Bonchev–Trinajstić information content (AvgIpc) is 2.96. The summed E-state index contributed by atoms with van der Waals surface area (Å²) < 4.78 is 5.78. The number of nitrogens with one attached hydrogen (secondary N) is 1. The molecule has 0 saturated carbocycles. The molecule has 0 amide bonds. The van der Waals surface area contributed by atoms with Crippen molar-refractivity contribution in [2.45, 2.75) is 12.8 Å². The van der Waals surface area contributed by atoms with Crippen LogP contribution in [0.5, 0.6) is 0 Å². The van der Waals surface area contributed by atoms with Crippen LogP contribution in [0.2, 0.25) is 0 Å². The van der Waals surface area contributed by atoms with Gasteiger partial charge >= 0.3 is 5.88 Å². The number of quaternary nitrogens is 1. The number of aromatic nitrogens is 2. The molecule has 6 heteroatoms. The lowest BCUT2D eigenvalue weighted by molar-refractivity contribution is -0.962. The molecule has 4 rings (SSSR count). The van der Waals surface area contributed by atoms with E-state index in [2.05, 4.69) is 33.7 Å². The normalized spacial score (nSPS) is 24.5. The molecule has 1 atom stereocenters. The molecule has 6 nitrogen and oxygen atoms in total. The molecule has 1 N–H and O–H groups in total. The highest BCUT2D eigenvalue weighted by molar-refractivity contribution is 5.74. The van der Waals surface area contributed by atoms with Crippen molar-refractivity contribution >= 4 is 17.7 Å². The maximum Gasteiger partial charge on any atom is 0.335 e. The second-order valence-corrected chi connectivity index (χ2v) is 5.66. The van der Waals surface area contributed by atoms with Crippen LogP contribution in [0.3, 0.4) is 0 Å². The SMILES string of the molecule is CNc1nncc2c1=C1C3=C(C=C(OC)[N+]1(OC)C=2)CCC=C3. The van der Waals surface area contributed by atoms with Crippen LogP contribution in [0.4, 0.5) is 5.82 Å². The van der Waals surface area contributed by atoms with E-state index in [9.17, 15) is 0 Å². The van der Waals surface area contributed by atoms with E-state index in [1.54, 1.807) is 20.4 Å². The van der Waals surface area contributed by atoms with Gasteiger partial charge in [-0.25, -0.2) is 0 Å². The summed E-state index contributed by atoms with van der Waals surface area (Å²) in [5.74, 6) is 1.49. The number of fused-ring (bicyclic) bond motifs is 3. The van der Waals surface area contributed by atoms with Gasteiger partial charge in [-0.1, -0.05) is 16.8 Å². The fourth-order valence-electron chi connectivity index (χ4n) is 3.57. The van der Waals surface area contributed by atoms with Gasteiger partial charge in [0.15, 0.2) is 17.7 Å². The van der Waals surface area contributed by atoms with Crippen molar-refractivity contribution in [2.24, 2.45) is 0 Å². The zero-order valence-corrected chi connectivity index (χ0v) is 13.5. The van der Waals surface area contributed by atoms with Gasteiger partial charge in [0.05, 0.1) is 30.9 Å². The second kappa shape index (κ2) is 5.04. The molecule has 0 bridgehead atoms. The minimum Gasteiger partial charge on any atom is -0.452 e. The van der Waals surface area contributed by atoms with Crippen molar-refractivity contribution in [3.63, 3.8) is 0 Å². The predicted octanol–water partition coefficient (Wildman–Crippen LogP) is 0.904. The van der Waals surface area contributed by atoms with E-state index in [0.717, 1.165) is 40.7 Å². The Balaban J connectivity index is 2.17. The molecule has 1 aromatic heterocycles. The predicted molar refractivity (Wildman–Crippen MR) is 86.5 cm³/mol. The van der Waals surface area contributed by atoms with Crippen molar-refractivity contribution in [3.8, 4) is 0 Å². The van der Waals surface area contributed by atoms with Crippen LogP contribution in [0, 0.1) is 0 Å². The lowest BCUT2D eigenvalue weighted by atomic mass is 9.91. The molecule has 0 aromatic carbocycles. The molecule has 1 aliphatic carbocycles. The monoisotopic (exact) mass is 311 g/mol. The first-order chi connectivity index (χ1) is 11.2. The zero-order valence-electron chi connectivity index (χ0n) is 13.5. The summed E-state index contributed by atoms with van der Waals surface area (Å²) in [7, 11) is 5.22. The summed E-state index contributed by atoms with van der Waals surface area (Å²) in [6, 6.07) is 0. The van der Waals surface area contributed by atoms with Crippen LogP contribution in [-0.2, 0) is 9.57 Å². The van der Waals surface area contributed by atoms with Crippen LogP contribution in [0.15, 0.2) is 41.5 Å². The molecule has 23 heavy (non-hydrogen) atoms. The molecule has 0 spiro atoms.